The van der Waals surface area contributed by atoms with Gasteiger partial charge in [0, 0.05) is 6.61 Å². The van der Waals surface area contributed by atoms with Crippen LogP contribution in [0.1, 0.15) is 18.4 Å². The Labute approximate surface area is 91.1 Å². The van der Waals surface area contributed by atoms with Crippen LogP contribution in [0.4, 0.5) is 0 Å². The van der Waals surface area contributed by atoms with E-state index in [9.17, 15) is 0 Å². The van der Waals surface area contributed by atoms with Crippen molar-refractivity contribution in [2.75, 3.05) is 6.61 Å². The van der Waals surface area contributed by atoms with E-state index in [-0.39, 0.29) is 0 Å². The van der Waals surface area contributed by atoms with Crippen molar-refractivity contribution in [1.82, 2.24) is 0 Å². The smallest absolute Gasteiger partial charge is 0.0759 e. The molecule has 1 saturated heterocycles. The van der Waals surface area contributed by atoms with Crippen LogP contribution in [0, 0.1) is 0 Å². The van der Waals surface area contributed by atoms with Gasteiger partial charge in [-0.1, -0.05) is 54.6 Å². The van der Waals surface area contributed by atoms with Gasteiger partial charge in [-0.05, 0) is 18.4 Å². The van der Waals surface area contributed by atoms with Gasteiger partial charge in [0.2, 0.25) is 0 Å². The number of rotatable bonds is 3. The first-order chi connectivity index (χ1) is 7.45. The maximum absolute atomic E-state index is 5.48. The molecule has 0 spiro atoms. The summed E-state index contributed by atoms with van der Waals surface area (Å²) >= 11 is 0. The lowest BCUT2D eigenvalue weighted by atomic mass is 10.2. The van der Waals surface area contributed by atoms with Crippen LogP contribution in [0.3, 0.4) is 0 Å². The van der Waals surface area contributed by atoms with E-state index in [1.165, 1.54) is 12.0 Å². The zero-order valence-electron chi connectivity index (χ0n) is 8.80. The van der Waals surface area contributed by atoms with Crippen LogP contribution in [0.5, 0.6) is 0 Å². The third kappa shape index (κ3) is 3.37. The predicted octanol–water partition coefficient (Wildman–Crippen LogP) is 3.44. The number of benzene rings is 1. The molecule has 0 radical (unpaired) electrons. The third-order valence-electron chi connectivity index (χ3n) is 2.49. The SMILES string of the molecule is C(/C=C/C1CCCO1)=C\c1ccccc1. The Balaban J connectivity index is 1.84. The van der Waals surface area contributed by atoms with Gasteiger partial charge in [0.15, 0.2) is 0 Å². The fourth-order valence-electron chi connectivity index (χ4n) is 1.67. The molecule has 1 heterocycles. The minimum atomic E-state index is 0.338. The van der Waals surface area contributed by atoms with Crippen LogP contribution in [-0.4, -0.2) is 12.7 Å². The maximum Gasteiger partial charge on any atom is 0.0759 e. The molecule has 0 saturated carbocycles. The van der Waals surface area contributed by atoms with Gasteiger partial charge in [0.1, 0.15) is 0 Å². The van der Waals surface area contributed by atoms with Crippen molar-refractivity contribution >= 4 is 6.08 Å². The monoisotopic (exact) mass is 200 g/mol. The van der Waals surface area contributed by atoms with Crippen molar-refractivity contribution in [2.45, 2.75) is 18.9 Å². The standard InChI is InChI=1S/C14H16O/c1-2-7-13(8-3-1)9-4-5-10-14-11-6-12-15-14/h1-5,7-10,14H,6,11-12H2/b9-4+,10-5+. The van der Waals surface area contributed by atoms with Gasteiger partial charge in [-0.3, -0.25) is 0 Å². The zero-order valence-corrected chi connectivity index (χ0v) is 8.80. The van der Waals surface area contributed by atoms with E-state index in [1.807, 2.05) is 18.2 Å². The van der Waals surface area contributed by atoms with Crippen LogP contribution in [-0.2, 0) is 4.74 Å². The molecular formula is C14H16O. The first-order valence-corrected chi connectivity index (χ1v) is 5.47. The molecule has 0 bridgehead atoms. The van der Waals surface area contributed by atoms with Crippen LogP contribution in [0.25, 0.3) is 6.08 Å². The van der Waals surface area contributed by atoms with Gasteiger partial charge in [-0.25, -0.2) is 0 Å². The molecule has 1 heteroatoms. The van der Waals surface area contributed by atoms with Gasteiger partial charge in [-0.2, -0.15) is 0 Å². The summed E-state index contributed by atoms with van der Waals surface area (Å²) in [6.45, 7) is 0.914. The van der Waals surface area contributed by atoms with E-state index < -0.39 is 0 Å². The predicted molar refractivity (Wildman–Crippen MR) is 63.6 cm³/mol. The number of hydrogen-bond acceptors (Lipinski definition) is 1. The van der Waals surface area contributed by atoms with Gasteiger partial charge >= 0.3 is 0 Å². The average molecular weight is 200 g/mol. The second kappa shape index (κ2) is 5.52. The molecule has 0 aliphatic carbocycles. The fraction of sp³-hybridized carbons (Fsp3) is 0.286. The molecule has 78 valence electrons. The minimum Gasteiger partial charge on any atom is -0.374 e. The van der Waals surface area contributed by atoms with Crippen LogP contribution in [0.15, 0.2) is 48.6 Å². The van der Waals surface area contributed by atoms with Gasteiger partial charge in [-0.15, -0.1) is 0 Å². The molecule has 1 aromatic carbocycles. The molecule has 1 nitrogen and oxygen atoms in total. The number of hydrogen-bond donors (Lipinski definition) is 0. The molecule has 1 aromatic rings. The van der Waals surface area contributed by atoms with Crippen LogP contribution in [0.2, 0.25) is 0 Å². The van der Waals surface area contributed by atoms with Crippen molar-refractivity contribution in [2.24, 2.45) is 0 Å². The van der Waals surface area contributed by atoms with Crippen molar-refractivity contribution < 1.29 is 4.74 Å². The molecule has 0 N–H and O–H groups in total. The first-order valence-electron chi connectivity index (χ1n) is 5.47. The molecule has 15 heavy (non-hydrogen) atoms. The van der Waals surface area contributed by atoms with Gasteiger partial charge in [0.25, 0.3) is 0 Å². The molecule has 1 fully saturated rings. The molecule has 0 aromatic heterocycles. The van der Waals surface area contributed by atoms with Crippen molar-refractivity contribution in [3.05, 3.63) is 54.1 Å². The Morgan fingerprint density at radius 1 is 1.13 bits per heavy atom. The van der Waals surface area contributed by atoms with E-state index in [0.717, 1.165) is 13.0 Å². The Morgan fingerprint density at radius 2 is 2.00 bits per heavy atom. The largest absolute Gasteiger partial charge is 0.374 e. The van der Waals surface area contributed by atoms with Gasteiger partial charge < -0.3 is 4.74 Å². The fourth-order valence-corrected chi connectivity index (χ4v) is 1.67. The first kappa shape index (κ1) is 10.2. The summed E-state index contributed by atoms with van der Waals surface area (Å²) in [5, 5.41) is 0. The molecule has 2 rings (SSSR count). The van der Waals surface area contributed by atoms with E-state index in [2.05, 4.69) is 36.4 Å². The second-order valence-corrected chi connectivity index (χ2v) is 3.71. The normalized spacial score (nSPS) is 21.7. The summed E-state index contributed by atoms with van der Waals surface area (Å²) in [6, 6.07) is 10.3. The lowest BCUT2D eigenvalue weighted by molar-refractivity contribution is 0.145. The highest BCUT2D eigenvalue weighted by atomic mass is 16.5. The molecule has 1 aliphatic rings. The quantitative estimate of drug-likeness (QED) is 0.679. The average Bonchev–Trinajstić information content (AvgIpc) is 2.79. The Morgan fingerprint density at radius 3 is 2.73 bits per heavy atom. The molecule has 1 aliphatic heterocycles. The summed E-state index contributed by atoms with van der Waals surface area (Å²) in [4.78, 5) is 0. The lowest BCUT2D eigenvalue weighted by Crippen LogP contribution is -1.97. The highest BCUT2D eigenvalue weighted by Crippen LogP contribution is 2.12. The van der Waals surface area contributed by atoms with Crippen molar-refractivity contribution in [1.29, 1.82) is 0 Å². The summed E-state index contributed by atoms with van der Waals surface area (Å²) in [7, 11) is 0. The van der Waals surface area contributed by atoms with Gasteiger partial charge in [0.05, 0.1) is 6.10 Å². The summed E-state index contributed by atoms with van der Waals surface area (Å²) in [5.41, 5.74) is 1.23. The summed E-state index contributed by atoms with van der Waals surface area (Å²) < 4.78 is 5.48. The highest BCUT2D eigenvalue weighted by molar-refractivity contribution is 5.50. The molecule has 1 atom stereocenters. The summed E-state index contributed by atoms with van der Waals surface area (Å²) in [5.74, 6) is 0. The lowest BCUT2D eigenvalue weighted by Gasteiger charge is -1.99. The maximum atomic E-state index is 5.48. The molecular weight excluding hydrogens is 184 g/mol. The Kier molecular flexibility index (Phi) is 3.75. The minimum absolute atomic E-state index is 0.338. The Hall–Kier alpha value is -1.34. The highest BCUT2D eigenvalue weighted by Gasteiger charge is 2.10. The van der Waals surface area contributed by atoms with Crippen LogP contribution >= 0.6 is 0 Å². The second-order valence-electron chi connectivity index (χ2n) is 3.71. The van der Waals surface area contributed by atoms with Crippen LogP contribution < -0.4 is 0 Å². The number of allylic oxidation sites excluding steroid dienone is 2. The van der Waals surface area contributed by atoms with Crippen molar-refractivity contribution in [3.8, 4) is 0 Å². The Bertz CT molecular complexity index is 332. The van der Waals surface area contributed by atoms with E-state index in [0.29, 0.717) is 6.10 Å². The number of ether oxygens (including phenoxy) is 1. The summed E-state index contributed by atoms with van der Waals surface area (Å²) in [6.07, 6.45) is 11.1. The van der Waals surface area contributed by atoms with E-state index >= 15 is 0 Å². The zero-order chi connectivity index (χ0) is 10.3. The van der Waals surface area contributed by atoms with E-state index in [4.69, 9.17) is 4.74 Å². The third-order valence-corrected chi connectivity index (χ3v) is 2.49. The topological polar surface area (TPSA) is 9.23 Å². The van der Waals surface area contributed by atoms with E-state index in [1.54, 1.807) is 0 Å². The van der Waals surface area contributed by atoms with Crippen molar-refractivity contribution in [3.63, 3.8) is 0 Å². The molecule has 0 amide bonds. The molecule has 1 unspecified atom stereocenters.